The Morgan fingerprint density at radius 1 is 0.864 bits per heavy atom. The van der Waals surface area contributed by atoms with Crippen molar-refractivity contribution in [2.45, 2.75) is 12.7 Å². The predicted molar refractivity (Wildman–Crippen MR) is 169 cm³/mol. The third kappa shape index (κ3) is 5.58. The van der Waals surface area contributed by atoms with Gasteiger partial charge in [0.05, 0.1) is 17.0 Å². The number of halogens is 4. The highest BCUT2D eigenvalue weighted by Crippen LogP contribution is 2.35. The molecule has 5 nitrogen and oxygen atoms in total. The van der Waals surface area contributed by atoms with Crippen LogP contribution in [0.5, 0.6) is 0 Å². The van der Waals surface area contributed by atoms with Crippen LogP contribution in [0, 0.1) is 0 Å². The van der Waals surface area contributed by atoms with Gasteiger partial charge in [0.1, 0.15) is 5.65 Å². The zero-order chi connectivity index (χ0) is 30.4. The molecule has 44 heavy (non-hydrogen) atoms. The number of fused-ring (bicyclic) bond motifs is 2. The number of pyridine rings is 1. The van der Waals surface area contributed by atoms with Gasteiger partial charge in [-0.15, -0.1) is 11.3 Å². The minimum absolute atomic E-state index is 0.257. The first kappa shape index (κ1) is 28.6. The van der Waals surface area contributed by atoms with Gasteiger partial charge >= 0.3 is 6.18 Å². The summed E-state index contributed by atoms with van der Waals surface area (Å²) in [6, 6.07) is 26.8. The van der Waals surface area contributed by atoms with Crippen molar-refractivity contribution in [2.75, 3.05) is 26.2 Å². The number of carbonyl (C=O) groups is 1. The van der Waals surface area contributed by atoms with E-state index in [-0.39, 0.29) is 11.5 Å². The van der Waals surface area contributed by atoms with E-state index in [1.807, 2.05) is 36.4 Å². The van der Waals surface area contributed by atoms with Crippen LogP contribution in [0.4, 0.5) is 13.2 Å². The fraction of sp³-hybridized carbons (Fsp3) is 0.176. The summed E-state index contributed by atoms with van der Waals surface area (Å²) < 4.78 is 42.3. The third-order valence-electron chi connectivity index (χ3n) is 8.04. The number of imidazole rings is 1. The smallest absolute Gasteiger partial charge is 0.336 e. The number of piperazine rings is 1. The van der Waals surface area contributed by atoms with E-state index in [9.17, 15) is 18.0 Å². The number of alkyl halides is 3. The second kappa shape index (κ2) is 11.4. The maximum atomic E-state index is 13.1. The summed E-state index contributed by atoms with van der Waals surface area (Å²) in [6.45, 7) is 2.79. The van der Waals surface area contributed by atoms with Gasteiger partial charge < -0.3 is 9.30 Å². The number of thiophene rings is 1. The number of rotatable bonds is 5. The van der Waals surface area contributed by atoms with E-state index in [2.05, 4.69) is 45.8 Å². The van der Waals surface area contributed by atoms with Gasteiger partial charge in [0.25, 0.3) is 5.91 Å². The summed E-state index contributed by atoms with van der Waals surface area (Å²) in [5, 5.41) is 1.86. The number of amides is 1. The van der Waals surface area contributed by atoms with E-state index in [0.29, 0.717) is 37.7 Å². The molecule has 0 spiro atoms. The van der Waals surface area contributed by atoms with E-state index < -0.39 is 11.7 Å². The Morgan fingerprint density at radius 2 is 1.57 bits per heavy atom. The molecule has 1 saturated heterocycles. The molecule has 1 aliphatic rings. The summed E-state index contributed by atoms with van der Waals surface area (Å²) in [5.41, 5.74) is 4.31. The molecule has 7 rings (SSSR count). The standard InChI is InChI=1S/C34H26ClF3N4OS/c35-27-12-7-22(8-13-27)32-28(42-20-25(9-14-31(42)39-32)30-19-24-3-1-2-4-29(24)44-30)21-40-15-17-41(18-16-40)33(43)23-5-10-26(11-6-23)34(36,37)38/h1-14,19-20H,15-18,21H2. The van der Waals surface area contributed by atoms with Crippen molar-refractivity contribution in [1.29, 1.82) is 0 Å². The van der Waals surface area contributed by atoms with Crippen LogP contribution in [-0.4, -0.2) is 51.3 Å². The lowest BCUT2D eigenvalue weighted by atomic mass is 10.1. The van der Waals surface area contributed by atoms with Gasteiger partial charge in [0.15, 0.2) is 0 Å². The fourth-order valence-corrected chi connectivity index (χ4v) is 6.84. The third-order valence-corrected chi connectivity index (χ3v) is 9.45. The quantitative estimate of drug-likeness (QED) is 0.192. The van der Waals surface area contributed by atoms with E-state index in [0.717, 1.165) is 40.3 Å². The van der Waals surface area contributed by atoms with Crippen LogP contribution >= 0.6 is 22.9 Å². The van der Waals surface area contributed by atoms with Gasteiger partial charge in [-0.05, 0) is 66.0 Å². The van der Waals surface area contributed by atoms with Crippen LogP contribution in [0.25, 0.3) is 37.4 Å². The van der Waals surface area contributed by atoms with Gasteiger partial charge in [0, 0.05) is 70.2 Å². The molecule has 3 aromatic heterocycles. The zero-order valence-electron chi connectivity index (χ0n) is 23.4. The average Bonchev–Trinajstić information content (AvgIpc) is 3.63. The molecule has 10 heteroatoms. The second-order valence-corrected chi connectivity index (χ2v) is 12.4. The Kier molecular flexibility index (Phi) is 7.40. The Balaban J connectivity index is 1.16. The minimum Gasteiger partial charge on any atom is -0.336 e. The Morgan fingerprint density at radius 3 is 2.27 bits per heavy atom. The van der Waals surface area contributed by atoms with Crippen LogP contribution < -0.4 is 0 Å². The van der Waals surface area contributed by atoms with Crippen molar-refractivity contribution in [3.8, 4) is 21.7 Å². The highest BCUT2D eigenvalue weighted by Gasteiger charge is 2.31. The molecular formula is C34H26ClF3N4OS. The molecule has 0 radical (unpaired) electrons. The second-order valence-electron chi connectivity index (χ2n) is 10.9. The number of hydrogen-bond donors (Lipinski definition) is 0. The Labute approximate surface area is 260 Å². The molecule has 1 fully saturated rings. The molecule has 222 valence electrons. The molecule has 1 aliphatic heterocycles. The summed E-state index contributed by atoms with van der Waals surface area (Å²) in [5.74, 6) is -0.261. The van der Waals surface area contributed by atoms with Crippen molar-refractivity contribution in [3.63, 3.8) is 0 Å². The van der Waals surface area contributed by atoms with E-state index in [1.54, 1.807) is 16.2 Å². The van der Waals surface area contributed by atoms with E-state index in [4.69, 9.17) is 16.6 Å². The highest BCUT2D eigenvalue weighted by molar-refractivity contribution is 7.22. The molecule has 6 aromatic rings. The maximum Gasteiger partial charge on any atom is 0.416 e. The maximum absolute atomic E-state index is 13.1. The van der Waals surface area contributed by atoms with Crippen LogP contribution in [0.3, 0.4) is 0 Å². The van der Waals surface area contributed by atoms with Crippen molar-refractivity contribution in [2.24, 2.45) is 0 Å². The van der Waals surface area contributed by atoms with Crippen molar-refractivity contribution in [3.05, 3.63) is 119 Å². The fourth-order valence-electron chi connectivity index (χ4n) is 5.66. The number of nitrogens with zero attached hydrogens (tertiary/aromatic N) is 4. The minimum atomic E-state index is -4.44. The number of carbonyl (C=O) groups excluding carboxylic acids is 1. The zero-order valence-corrected chi connectivity index (χ0v) is 25.0. The normalized spacial score (nSPS) is 14.5. The molecule has 3 aromatic carbocycles. The van der Waals surface area contributed by atoms with Crippen molar-refractivity contribution >= 4 is 44.6 Å². The number of hydrogen-bond acceptors (Lipinski definition) is 4. The van der Waals surface area contributed by atoms with Crippen LogP contribution in [0.2, 0.25) is 5.02 Å². The molecule has 0 saturated carbocycles. The first-order valence-electron chi connectivity index (χ1n) is 14.2. The molecule has 1 amide bonds. The summed E-state index contributed by atoms with van der Waals surface area (Å²) in [6.07, 6.45) is -2.29. The first-order valence-corrected chi connectivity index (χ1v) is 15.4. The topological polar surface area (TPSA) is 40.9 Å². The lowest BCUT2D eigenvalue weighted by molar-refractivity contribution is -0.137. The number of aromatic nitrogens is 2. The summed E-state index contributed by atoms with van der Waals surface area (Å²) in [7, 11) is 0. The molecule has 0 unspecified atom stereocenters. The average molecular weight is 631 g/mol. The Bertz CT molecular complexity index is 1940. The molecule has 4 heterocycles. The summed E-state index contributed by atoms with van der Waals surface area (Å²) >= 11 is 7.95. The summed E-state index contributed by atoms with van der Waals surface area (Å²) in [4.78, 5) is 23.2. The van der Waals surface area contributed by atoms with Crippen LogP contribution in [0.15, 0.2) is 97.2 Å². The van der Waals surface area contributed by atoms with E-state index >= 15 is 0 Å². The van der Waals surface area contributed by atoms with Gasteiger partial charge in [-0.25, -0.2) is 4.98 Å². The van der Waals surface area contributed by atoms with Gasteiger partial charge in [-0.1, -0.05) is 41.9 Å². The highest BCUT2D eigenvalue weighted by atomic mass is 35.5. The number of benzene rings is 3. The molecule has 0 aliphatic carbocycles. The largest absolute Gasteiger partial charge is 0.416 e. The predicted octanol–water partition coefficient (Wildman–Crippen LogP) is 8.51. The monoisotopic (exact) mass is 630 g/mol. The van der Waals surface area contributed by atoms with Crippen molar-refractivity contribution < 1.29 is 18.0 Å². The van der Waals surface area contributed by atoms with E-state index in [1.165, 1.54) is 27.1 Å². The van der Waals surface area contributed by atoms with Gasteiger partial charge in [-0.3, -0.25) is 9.69 Å². The lowest BCUT2D eigenvalue weighted by Gasteiger charge is -2.34. The van der Waals surface area contributed by atoms with Gasteiger partial charge in [0.2, 0.25) is 0 Å². The molecule has 0 atom stereocenters. The molecule has 0 bridgehead atoms. The van der Waals surface area contributed by atoms with Gasteiger partial charge in [-0.2, -0.15) is 13.2 Å². The Hall–Kier alpha value is -4.18. The first-order chi connectivity index (χ1) is 21.2. The van der Waals surface area contributed by atoms with Crippen LogP contribution in [0.1, 0.15) is 21.6 Å². The SMILES string of the molecule is O=C(c1ccc(C(F)(F)F)cc1)N1CCN(Cc2c(-c3ccc(Cl)cc3)nc3ccc(-c4cc5ccccc5s4)cn23)CC1. The van der Waals surface area contributed by atoms with Crippen molar-refractivity contribution in [1.82, 2.24) is 19.2 Å². The molecule has 0 N–H and O–H groups in total. The van der Waals surface area contributed by atoms with Crippen LogP contribution in [-0.2, 0) is 12.7 Å². The lowest BCUT2D eigenvalue weighted by Crippen LogP contribution is -2.48. The molecular weight excluding hydrogens is 605 g/mol.